The second-order valence-electron chi connectivity index (χ2n) is 8.46. The standard InChI is InChI=1S/C23H34ClN3O2/c24-18-12-14-21(15-13-18)27-17-20(16-22(27)28)26-23(29)25-19-10-8-6-4-2-1-3-5-7-9-11-19/h12-15,19-20H,1-11,16-17H2,(H2,25,26,29)/t20-/m1/s1. The van der Waals surface area contributed by atoms with Gasteiger partial charge in [0.15, 0.2) is 0 Å². The lowest BCUT2D eigenvalue weighted by molar-refractivity contribution is -0.117. The number of nitrogens with zero attached hydrogens (tertiary/aromatic N) is 1. The Kier molecular flexibility index (Phi) is 8.66. The van der Waals surface area contributed by atoms with Crippen molar-refractivity contribution >= 4 is 29.2 Å². The van der Waals surface area contributed by atoms with E-state index in [1.165, 1.54) is 57.8 Å². The van der Waals surface area contributed by atoms with Crippen molar-refractivity contribution in [1.29, 1.82) is 0 Å². The molecule has 2 aliphatic rings. The van der Waals surface area contributed by atoms with E-state index in [0.717, 1.165) is 18.5 Å². The lowest BCUT2D eigenvalue weighted by Gasteiger charge is -2.22. The van der Waals surface area contributed by atoms with Gasteiger partial charge in [-0.15, -0.1) is 0 Å². The molecule has 1 heterocycles. The second kappa shape index (κ2) is 11.4. The molecule has 1 atom stereocenters. The number of halogens is 1. The molecule has 29 heavy (non-hydrogen) atoms. The average molecular weight is 420 g/mol. The van der Waals surface area contributed by atoms with Gasteiger partial charge in [-0.1, -0.05) is 69.4 Å². The maximum absolute atomic E-state index is 12.6. The van der Waals surface area contributed by atoms with E-state index >= 15 is 0 Å². The van der Waals surface area contributed by atoms with E-state index in [2.05, 4.69) is 10.6 Å². The van der Waals surface area contributed by atoms with E-state index in [0.29, 0.717) is 18.0 Å². The van der Waals surface area contributed by atoms with Crippen LogP contribution in [0.3, 0.4) is 0 Å². The minimum absolute atomic E-state index is 0.0311. The fourth-order valence-electron chi connectivity index (χ4n) is 4.39. The highest BCUT2D eigenvalue weighted by molar-refractivity contribution is 6.30. The first-order valence-electron chi connectivity index (χ1n) is 11.2. The molecule has 1 saturated heterocycles. The third-order valence-electron chi connectivity index (χ3n) is 6.04. The molecule has 2 fully saturated rings. The first-order chi connectivity index (χ1) is 14.1. The molecule has 3 amide bonds. The van der Waals surface area contributed by atoms with Crippen LogP contribution < -0.4 is 15.5 Å². The number of hydrogen-bond acceptors (Lipinski definition) is 2. The number of anilines is 1. The Morgan fingerprint density at radius 2 is 1.34 bits per heavy atom. The van der Waals surface area contributed by atoms with Crippen LogP contribution in [-0.2, 0) is 4.79 Å². The molecule has 6 heteroatoms. The van der Waals surface area contributed by atoms with Gasteiger partial charge in [0.2, 0.25) is 5.91 Å². The van der Waals surface area contributed by atoms with Crippen molar-refractivity contribution in [3.8, 4) is 0 Å². The van der Waals surface area contributed by atoms with Crippen LogP contribution in [0, 0.1) is 0 Å². The van der Waals surface area contributed by atoms with Crippen molar-refractivity contribution in [3.63, 3.8) is 0 Å². The minimum atomic E-state index is -0.163. The van der Waals surface area contributed by atoms with Crippen LogP contribution in [0.2, 0.25) is 5.02 Å². The van der Waals surface area contributed by atoms with Gasteiger partial charge in [-0.3, -0.25) is 4.79 Å². The van der Waals surface area contributed by atoms with Gasteiger partial charge in [0, 0.05) is 29.7 Å². The summed E-state index contributed by atoms with van der Waals surface area (Å²) < 4.78 is 0. The molecule has 0 spiro atoms. The highest BCUT2D eigenvalue weighted by atomic mass is 35.5. The van der Waals surface area contributed by atoms with E-state index in [1.807, 2.05) is 12.1 Å². The minimum Gasteiger partial charge on any atom is -0.335 e. The zero-order chi connectivity index (χ0) is 20.5. The maximum atomic E-state index is 12.6. The summed E-state index contributed by atoms with van der Waals surface area (Å²) in [6, 6.07) is 7.17. The molecule has 160 valence electrons. The summed E-state index contributed by atoms with van der Waals surface area (Å²) in [6.45, 7) is 0.499. The second-order valence-corrected chi connectivity index (χ2v) is 8.89. The number of carbonyl (C=O) groups excluding carboxylic acids is 2. The predicted molar refractivity (Wildman–Crippen MR) is 118 cm³/mol. The number of rotatable bonds is 3. The highest BCUT2D eigenvalue weighted by Gasteiger charge is 2.31. The third kappa shape index (κ3) is 7.22. The van der Waals surface area contributed by atoms with Crippen molar-refractivity contribution < 1.29 is 9.59 Å². The van der Waals surface area contributed by atoms with Crippen LogP contribution >= 0.6 is 11.6 Å². The van der Waals surface area contributed by atoms with Crippen molar-refractivity contribution in [3.05, 3.63) is 29.3 Å². The van der Waals surface area contributed by atoms with Gasteiger partial charge >= 0.3 is 6.03 Å². The predicted octanol–water partition coefficient (Wildman–Crippen LogP) is 5.42. The van der Waals surface area contributed by atoms with Crippen LogP contribution in [-0.4, -0.2) is 30.6 Å². The van der Waals surface area contributed by atoms with Crippen LogP contribution in [0.1, 0.15) is 77.0 Å². The molecule has 1 aliphatic heterocycles. The van der Waals surface area contributed by atoms with E-state index in [1.54, 1.807) is 17.0 Å². The van der Waals surface area contributed by atoms with Gasteiger partial charge in [-0.2, -0.15) is 0 Å². The molecule has 1 aromatic carbocycles. The summed E-state index contributed by atoms with van der Waals surface area (Å²) in [7, 11) is 0. The van der Waals surface area contributed by atoms with Gasteiger partial charge in [-0.25, -0.2) is 4.79 Å². The zero-order valence-electron chi connectivity index (χ0n) is 17.3. The van der Waals surface area contributed by atoms with Crippen LogP contribution in [0.15, 0.2) is 24.3 Å². The van der Waals surface area contributed by atoms with Crippen LogP contribution in [0.25, 0.3) is 0 Å². The normalized spacial score (nSPS) is 22.6. The summed E-state index contributed by atoms with van der Waals surface area (Å²) in [5, 5.41) is 6.84. The Labute approximate surface area is 179 Å². The molecule has 0 unspecified atom stereocenters. The number of carbonyl (C=O) groups is 2. The number of nitrogens with one attached hydrogen (secondary N) is 2. The molecule has 0 aromatic heterocycles. The average Bonchev–Trinajstić information content (AvgIpc) is 3.04. The Balaban J connectivity index is 1.47. The Morgan fingerprint density at radius 1 is 0.828 bits per heavy atom. The molecule has 1 aliphatic carbocycles. The summed E-state index contributed by atoms with van der Waals surface area (Å²) >= 11 is 5.93. The van der Waals surface area contributed by atoms with Crippen LogP contribution in [0.4, 0.5) is 10.5 Å². The van der Waals surface area contributed by atoms with E-state index in [9.17, 15) is 9.59 Å². The Hall–Kier alpha value is -1.75. The van der Waals surface area contributed by atoms with Crippen molar-refractivity contribution in [2.45, 2.75) is 89.1 Å². The van der Waals surface area contributed by atoms with E-state index in [-0.39, 0.29) is 24.0 Å². The molecule has 1 aromatic rings. The molecule has 0 radical (unpaired) electrons. The van der Waals surface area contributed by atoms with Gasteiger partial charge in [0.1, 0.15) is 0 Å². The molecule has 2 N–H and O–H groups in total. The fourth-order valence-corrected chi connectivity index (χ4v) is 4.52. The smallest absolute Gasteiger partial charge is 0.315 e. The van der Waals surface area contributed by atoms with Crippen LogP contribution in [0.5, 0.6) is 0 Å². The molecular weight excluding hydrogens is 386 g/mol. The summed E-state index contributed by atoms with van der Waals surface area (Å²) in [5.74, 6) is 0.0311. The SMILES string of the molecule is O=C(NC1CCCCCCCCCCC1)N[C@@H]1CC(=O)N(c2ccc(Cl)cc2)C1. The lowest BCUT2D eigenvalue weighted by Crippen LogP contribution is -2.47. The summed E-state index contributed by atoms with van der Waals surface area (Å²) in [4.78, 5) is 26.7. The zero-order valence-corrected chi connectivity index (χ0v) is 18.1. The maximum Gasteiger partial charge on any atom is 0.315 e. The first-order valence-corrected chi connectivity index (χ1v) is 11.6. The number of amides is 3. The summed E-state index contributed by atoms with van der Waals surface area (Å²) in [5.41, 5.74) is 0.823. The van der Waals surface area contributed by atoms with Crippen molar-refractivity contribution in [2.24, 2.45) is 0 Å². The topological polar surface area (TPSA) is 61.4 Å². The van der Waals surface area contributed by atoms with Gasteiger partial charge < -0.3 is 15.5 Å². The molecular formula is C23H34ClN3O2. The largest absolute Gasteiger partial charge is 0.335 e. The highest BCUT2D eigenvalue weighted by Crippen LogP contribution is 2.23. The number of urea groups is 1. The quantitative estimate of drug-likeness (QED) is 0.687. The van der Waals surface area contributed by atoms with Gasteiger partial charge in [0.25, 0.3) is 0 Å². The molecule has 0 bridgehead atoms. The molecule has 5 nitrogen and oxygen atoms in total. The van der Waals surface area contributed by atoms with Crippen molar-refractivity contribution in [2.75, 3.05) is 11.4 Å². The third-order valence-corrected chi connectivity index (χ3v) is 6.29. The Bertz CT molecular complexity index is 653. The first kappa shape index (κ1) is 21.9. The molecule has 1 saturated carbocycles. The fraction of sp³-hybridized carbons (Fsp3) is 0.652. The van der Waals surface area contributed by atoms with E-state index < -0.39 is 0 Å². The van der Waals surface area contributed by atoms with Gasteiger partial charge in [0.05, 0.1) is 6.04 Å². The Morgan fingerprint density at radius 3 is 1.93 bits per heavy atom. The number of benzene rings is 1. The summed E-state index contributed by atoms with van der Waals surface area (Å²) in [6.07, 6.45) is 14.0. The van der Waals surface area contributed by atoms with E-state index in [4.69, 9.17) is 11.6 Å². The number of hydrogen-bond donors (Lipinski definition) is 2. The monoisotopic (exact) mass is 419 g/mol. The molecule has 3 rings (SSSR count). The van der Waals surface area contributed by atoms with Gasteiger partial charge in [-0.05, 0) is 37.1 Å². The van der Waals surface area contributed by atoms with Crippen molar-refractivity contribution in [1.82, 2.24) is 10.6 Å². The lowest BCUT2D eigenvalue weighted by atomic mass is 9.98.